The Balaban J connectivity index is 1.53. The van der Waals surface area contributed by atoms with Crippen molar-refractivity contribution in [3.05, 3.63) is 78.0 Å². The van der Waals surface area contributed by atoms with Crippen LogP contribution in [0.25, 0.3) is 32.8 Å². The Morgan fingerprint density at radius 3 is 2.47 bits per heavy atom. The number of carboxylic acid groups (broad SMARTS) is 1. The van der Waals surface area contributed by atoms with Gasteiger partial charge in [0, 0.05) is 49.0 Å². The Kier molecular flexibility index (Phi) is 6.71. The highest BCUT2D eigenvalue weighted by molar-refractivity contribution is 6.05. The van der Waals surface area contributed by atoms with E-state index in [0.717, 1.165) is 43.9 Å². The van der Waals surface area contributed by atoms with Crippen LogP contribution in [0.1, 0.15) is 37.3 Å². The number of nitrogens with zero attached hydrogens (tertiary/aromatic N) is 2. The van der Waals surface area contributed by atoms with Gasteiger partial charge in [-0.3, -0.25) is 14.7 Å². The predicted molar refractivity (Wildman–Crippen MR) is 139 cm³/mol. The van der Waals surface area contributed by atoms with Gasteiger partial charge in [-0.15, -0.1) is 0 Å². The summed E-state index contributed by atoms with van der Waals surface area (Å²) in [5.41, 5.74) is 3.90. The fourth-order valence-corrected chi connectivity index (χ4v) is 5.28. The number of aliphatic carboxylic acids is 1. The van der Waals surface area contributed by atoms with Crippen molar-refractivity contribution in [3.63, 3.8) is 0 Å². The molecule has 0 spiro atoms. The first-order valence-corrected chi connectivity index (χ1v) is 12.5. The average Bonchev–Trinajstić information content (AvgIpc) is 3.00. The molecular weight excluding hydrogens is 458 g/mol. The van der Waals surface area contributed by atoms with E-state index in [0.29, 0.717) is 32.5 Å². The van der Waals surface area contributed by atoms with E-state index < -0.39 is 17.8 Å². The number of carbonyl (C=O) groups is 1. The van der Waals surface area contributed by atoms with Crippen LogP contribution >= 0.6 is 0 Å². The van der Waals surface area contributed by atoms with Gasteiger partial charge in [0.15, 0.2) is 0 Å². The van der Waals surface area contributed by atoms with Gasteiger partial charge in [-0.05, 0) is 46.7 Å². The van der Waals surface area contributed by atoms with Crippen LogP contribution in [0.3, 0.4) is 0 Å². The van der Waals surface area contributed by atoms with E-state index in [1.807, 2.05) is 42.6 Å². The van der Waals surface area contributed by atoms with Crippen molar-refractivity contribution in [2.45, 2.75) is 45.1 Å². The molecule has 3 aromatic carbocycles. The number of rotatable bonds is 6. The van der Waals surface area contributed by atoms with Crippen molar-refractivity contribution in [3.8, 4) is 11.3 Å². The summed E-state index contributed by atoms with van der Waals surface area (Å²) >= 11 is 0. The lowest BCUT2D eigenvalue weighted by Gasteiger charge is -2.21. The maximum Gasteiger partial charge on any atom is 0.303 e. The predicted octanol–water partition coefficient (Wildman–Crippen LogP) is 6.94. The SMILES string of the molecule is CC1CCN(Cc2cnc(-c3cccc4c(CCC(=O)O)cccc34)c3ccccc23)CCC1(F)F. The van der Waals surface area contributed by atoms with E-state index >= 15 is 0 Å². The van der Waals surface area contributed by atoms with E-state index in [1.165, 1.54) is 0 Å². The minimum atomic E-state index is -2.61. The van der Waals surface area contributed by atoms with Crippen molar-refractivity contribution in [2.75, 3.05) is 13.1 Å². The first-order chi connectivity index (χ1) is 17.3. The minimum absolute atomic E-state index is 0.0838. The molecule has 1 aromatic heterocycles. The number of hydrogen-bond acceptors (Lipinski definition) is 3. The average molecular weight is 489 g/mol. The second kappa shape index (κ2) is 9.94. The zero-order valence-corrected chi connectivity index (χ0v) is 20.4. The first-order valence-electron chi connectivity index (χ1n) is 12.5. The van der Waals surface area contributed by atoms with Gasteiger partial charge in [-0.1, -0.05) is 67.6 Å². The summed E-state index contributed by atoms with van der Waals surface area (Å²) in [6.07, 6.45) is 2.81. The zero-order chi connectivity index (χ0) is 25.3. The van der Waals surface area contributed by atoms with Gasteiger partial charge in [0.25, 0.3) is 5.92 Å². The van der Waals surface area contributed by atoms with Crippen LogP contribution in [0.2, 0.25) is 0 Å². The van der Waals surface area contributed by atoms with Gasteiger partial charge in [0.1, 0.15) is 0 Å². The third-order valence-corrected chi connectivity index (χ3v) is 7.51. The third kappa shape index (κ3) is 4.82. The quantitative estimate of drug-likeness (QED) is 0.319. The Morgan fingerprint density at radius 1 is 0.972 bits per heavy atom. The summed E-state index contributed by atoms with van der Waals surface area (Å²) in [5, 5.41) is 13.3. The third-order valence-electron chi connectivity index (χ3n) is 7.51. The maximum atomic E-state index is 14.2. The molecule has 0 amide bonds. The number of fused-ring (bicyclic) bond motifs is 2. The number of hydrogen-bond donors (Lipinski definition) is 1. The summed E-state index contributed by atoms with van der Waals surface area (Å²) < 4.78 is 28.5. The number of pyridine rings is 1. The lowest BCUT2D eigenvalue weighted by atomic mass is 9.93. The summed E-state index contributed by atoms with van der Waals surface area (Å²) in [6, 6.07) is 20.2. The molecule has 4 aromatic rings. The minimum Gasteiger partial charge on any atom is -0.481 e. The van der Waals surface area contributed by atoms with Gasteiger partial charge in [0.2, 0.25) is 0 Å². The molecule has 1 saturated heterocycles. The summed E-state index contributed by atoms with van der Waals surface area (Å²) in [4.78, 5) is 18.1. The van der Waals surface area contributed by atoms with Crippen LogP contribution in [-0.4, -0.2) is 40.0 Å². The molecule has 0 radical (unpaired) electrons. The normalized spacial score (nSPS) is 18.4. The number of alkyl halides is 2. The number of halogens is 2. The highest BCUT2D eigenvalue weighted by Crippen LogP contribution is 2.36. The standard InChI is InChI=1S/C30H30F2N2O2/c1-20-14-16-34(17-15-30(20,31)32)19-22-18-33-29(26-8-3-2-7-24(22)26)27-11-5-9-23-21(12-13-28(35)36)6-4-10-25(23)27/h2-11,18,20H,12-17,19H2,1H3,(H,35,36). The van der Waals surface area contributed by atoms with Crippen LogP contribution in [0.4, 0.5) is 8.78 Å². The summed E-state index contributed by atoms with van der Waals surface area (Å²) in [5.74, 6) is -4.03. The van der Waals surface area contributed by atoms with E-state index in [-0.39, 0.29) is 12.8 Å². The fraction of sp³-hybridized carbons (Fsp3) is 0.333. The zero-order valence-electron chi connectivity index (χ0n) is 20.4. The van der Waals surface area contributed by atoms with Crippen molar-refractivity contribution < 1.29 is 18.7 Å². The number of benzene rings is 3. The molecule has 1 N–H and O–H groups in total. The van der Waals surface area contributed by atoms with Crippen LogP contribution in [-0.2, 0) is 17.8 Å². The molecule has 4 nitrogen and oxygen atoms in total. The molecule has 1 unspecified atom stereocenters. The molecule has 0 bridgehead atoms. The molecule has 1 atom stereocenters. The number of carboxylic acids is 1. The van der Waals surface area contributed by atoms with Gasteiger partial charge in [-0.25, -0.2) is 8.78 Å². The second-order valence-electron chi connectivity index (χ2n) is 9.87. The lowest BCUT2D eigenvalue weighted by molar-refractivity contribution is -0.136. The Labute approximate surface area is 209 Å². The molecule has 1 fully saturated rings. The summed E-state index contributed by atoms with van der Waals surface area (Å²) in [7, 11) is 0. The molecule has 5 rings (SSSR count). The number of likely N-dealkylation sites (tertiary alicyclic amines) is 1. The van der Waals surface area contributed by atoms with Crippen molar-refractivity contribution in [2.24, 2.45) is 5.92 Å². The molecule has 1 aliphatic heterocycles. The summed E-state index contributed by atoms with van der Waals surface area (Å²) in [6.45, 7) is 3.25. The maximum absolute atomic E-state index is 14.2. The van der Waals surface area contributed by atoms with Crippen LogP contribution < -0.4 is 0 Å². The molecule has 2 heterocycles. The fourth-order valence-electron chi connectivity index (χ4n) is 5.28. The van der Waals surface area contributed by atoms with Crippen molar-refractivity contribution >= 4 is 27.5 Å². The molecule has 186 valence electrons. The molecule has 1 aliphatic rings. The number of aryl methyl sites for hydroxylation is 1. The molecule has 36 heavy (non-hydrogen) atoms. The topological polar surface area (TPSA) is 53.4 Å². The Bertz CT molecular complexity index is 1420. The van der Waals surface area contributed by atoms with Gasteiger partial charge >= 0.3 is 5.97 Å². The molecular formula is C30H30F2N2O2. The monoisotopic (exact) mass is 488 g/mol. The van der Waals surface area contributed by atoms with Gasteiger partial charge in [-0.2, -0.15) is 0 Å². The largest absolute Gasteiger partial charge is 0.481 e. The van der Waals surface area contributed by atoms with E-state index in [2.05, 4.69) is 29.2 Å². The molecule has 0 aliphatic carbocycles. The smallest absolute Gasteiger partial charge is 0.303 e. The Morgan fingerprint density at radius 2 is 1.67 bits per heavy atom. The lowest BCUT2D eigenvalue weighted by Crippen LogP contribution is -2.27. The van der Waals surface area contributed by atoms with Crippen LogP contribution in [0.5, 0.6) is 0 Å². The van der Waals surface area contributed by atoms with Crippen LogP contribution in [0, 0.1) is 5.92 Å². The highest BCUT2D eigenvalue weighted by atomic mass is 19.3. The van der Waals surface area contributed by atoms with Crippen molar-refractivity contribution in [1.29, 1.82) is 0 Å². The van der Waals surface area contributed by atoms with E-state index in [1.54, 1.807) is 6.92 Å². The van der Waals surface area contributed by atoms with Gasteiger partial charge in [0.05, 0.1) is 5.69 Å². The molecule has 0 saturated carbocycles. The van der Waals surface area contributed by atoms with Gasteiger partial charge < -0.3 is 5.11 Å². The first kappa shape index (κ1) is 24.3. The highest BCUT2D eigenvalue weighted by Gasteiger charge is 2.38. The van der Waals surface area contributed by atoms with Crippen LogP contribution in [0.15, 0.2) is 66.9 Å². The number of aromatic nitrogens is 1. The second-order valence-corrected chi connectivity index (χ2v) is 9.87. The Hall–Kier alpha value is -3.38. The van der Waals surface area contributed by atoms with E-state index in [4.69, 9.17) is 10.1 Å². The van der Waals surface area contributed by atoms with E-state index in [9.17, 15) is 13.6 Å². The molecule has 6 heteroatoms. The van der Waals surface area contributed by atoms with Crippen molar-refractivity contribution in [1.82, 2.24) is 9.88 Å².